The maximum absolute atomic E-state index is 14.4. The molecule has 7 heteroatoms. The van der Waals surface area contributed by atoms with Crippen LogP contribution in [-0.4, -0.2) is 17.6 Å². The van der Waals surface area contributed by atoms with Crippen molar-refractivity contribution in [1.29, 1.82) is 5.26 Å². The van der Waals surface area contributed by atoms with Crippen LogP contribution in [0.5, 0.6) is 0 Å². The number of halogens is 1. The number of para-hydroxylation sites is 2. The predicted octanol–water partition coefficient (Wildman–Crippen LogP) is 5.26. The SMILES string of the molecule is N#CC1=C(SCC(=O)N(c2ccccc2)c2ccccc2)NC(=O)C[C@@H]1c1ccccc1F. The van der Waals surface area contributed by atoms with Gasteiger partial charge in [0, 0.05) is 23.7 Å². The molecule has 1 aliphatic heterocycles. The molecule has 164 valence electrons. The Kier molecular flexibility index (Phi) is 6.86. The Bertz CT molecular complexity index is 1200. The van der Waals surface area contributed by atoms with Crippen molar-refractivity contribution < 1.29 is 14.0 Å². The van der Waals surface area contributed by atoms with Gasteiger partial charge in [0.2, 0.25) is 11.8 Å². The van der Waals surface area contributed by atoms with Crippen LogP contribution in [0.2, 0.25) is 0 Å². The fourth-order valence-electron chi connectivity index (χ4n) is 3.75. The van der Waals surface area contributed by atoms with E-state index in [-0.39, 0.29) is 34.6 Å². The van der Waals surface area contributed by atoms with Gasteiger partial charge in [-0.05, 0) is 35.9 Å². The molecule has 0 saturated carbocycles. The Morgan fingerprint density at radius 3 is 2.15 bits per heavy atom. The largest absolute Gasteiger partial charge is 0.320 e. The van der Waals surface area contributed by atoms with Gasteiger partial charge in [0.1, 0.15) is 5.82 Å². The average Bonchev–Trinajstić information content (AvgIpc) is 2.84. The number of carbonyl (C=O) groups excluding carboxylic acids is 2. The lowest BCUT2D eigenvalue weighted by atomic mass is 9.87. The molecule has 0 spiro atoms. The summed E-state index contributed by atoms with van der Waals surface area (Å²) in [5.74, 6) is -1.72. The lowest BCUT2D eigenvalue weighted by Gasteiger charge is -2.26. The van der Waals surface area contributed by atoms with Gasteiger partial charge in [0.15, 0.2) is 0 Å². The van der Waals surface area contributed by atoms with Crippen molar-refractivity contribution in [2.75, 3.05) is 10.7 Å². The molecule has 2 amide bonds. The van der Waals surface area contributed by atoms with Crippen LogP contribution >= 0.6 is 11.8 Å². The number of hydrogen-bond donors (Lipinski definition) is 1. The normalized spacial score (nSPS) is 15.5. The van der Waals surface area contributed by atoms with Crippen molar-refractivity contribution in [1.82, 2.24) is 5.32 Å². The smallest absolute Gasteiger partial charge is 0.241 e. The first-order valence-electron chi connectivity index (χ1n) is 10.3. The van der Waals surface area contributed by atoms with Crippen LogP contribution in [-0.2, 0) is 9.59 Å². The molecular weight excluding hydrogens is 437 g/mol. The molecule has 0 unspecified atom stereocenters. The van der Waals surface area contributed by atoms with Crippen molar-refractivity contribution in [3.8, 4) is 6.07 Å². The highest BCUT2D eigenvalue weighted by molar-refractivity contribution is 8.03. The average molecular weight is 458 g/mol. The van der Waals surface area contributed by atoms with E-state index in [2.05, 4.69) is 11.4 Å². The standard InChI is InChI=1S/C26H20FN3O2S/c27-23-14-8-7-13-20(23)21-15-24(31)29-26(22(21)16-28)33-17-25(32)30(18-9-3-1-4-10-18)19-11-5-2-6-12-19/h1-14,21H,15,17H2,(H,29,31)/t21-/m1/s1. The van der Waals surface area contributed by atoms with Crippen LogP contribution in [0.4, 0.5) is 15.8 Å². The molecule has 5 nitrogen and oxygen atoms in total. The lowest BCUT2D eigenvalue weighted by Crippen LogP contribution is -2.33. The molecule has 33 heavy (non-hydrogen) atoms. The van der Waals surface area contributed by atoms with E-state index in [9.17, 15) is 19.2 Å². The number of anilines is 2. The zero-order chi connectivity index (χ0) is 23.2. The quantitative estimate of drug-likeness (QED) is 0.548. The van der Waals surface area contributed by atoms with Gasteiger partial charge < -0.3 is 5.32 Å². The van der Waals surface area contributed by atoms with Gasteiger partial charge in [-0.2, -0.15) is 5.26 Å². The molecule has 0 aliphatic carbocycles. The van der Waals surface area contributed by atoms with Crippen molar-refractivity contribution in [2.45, 2.75) is 12.3 Å². The molecule has 3 aromatic carbocycles. The maximum Gasteiger partial charge on any atom is 0.241 e. The fourth-order valence-corrected chi connectivity index (χ4v) is 4.67. The van der Waals surface area contributed by atoms with E-state index in [0.29, 0.717) is 16.9 Å². The van der Waals surface area contributed by atoms with E-state index in [1.54, 1.807) is 23.1 Å². The first-order chi connectivity index (χ1) is 16.1. The number of nitrogens with zero attached hydrogens (tertiary/aromatic N) is 2. The summed E-state index contributed by atoms with van der Waals surface area (Å²) in [5, 5.41) is 12.8. The van der Waals surface area contributed by atoms with E-state index < -0.39 is 11.7 Å². The Morgan fingerprint density at radius 1 is 1.00 bits per heavy atom. The van der Waals surface area contributed by atoms with Crippen LogP contribution in [0.1, 0.15) is 17.9 Å². The van der Waals surface area contributed by atoms with E-state index >= 15 is 0 Å². The third-order valence-electron chi connectivity index (χ3n) is 5.25. The van der Waals surface area contributed by atoms with Crippen LogP contribution in [0, 0.1) is 17.1 Å². The van der Waals surface area contributed by atoms with Crippen LogP contribution < -0.4 is 10.2 Å². The summed E-state index contributed by atoms with van der Waals surface area (Å²) >= 11 is 1.08. The summed E-state index contributed by atoms with van der Waals surface area (Å²) < 4.78 is 14.4. The second kappa shape index (κ2) is 10.2. The Morgan fingerprint density at radius 2 is 1.58 bits per heavy atom. The van der Waals surface area contributed by atoms with Gasteiger partial charge >= 0.3 is 0 Å². The third kappa shape index (κ3) is 4.97. The molecule has 1 heterocycles. The number of thioether (sulfide) groups is 1. The fraction of sp³-hybridized carbons (Fsp3) is 0.115. The maximum atomic E-state index is 14.4. The summed E-state index contributed by atoms with van der Waals surface area (Å²) in [5.41, 5.74) is 1.97. The molecule has 0 radical (unpaired) electrons. The van der Waals surface area contributed by atoms with Gasteiger partial charge in [-0.1, -0.05) is 66.4 Å². The number of allylic oxidation sites excluding steroid dienone is 1. The van der Waals surface area contributed by atoms with Gasteiger partial charge in [0.25, 0.3) is 0 Å². The molecule has 0 saturated heterocycles. The number of carbonyl (C=O) groups is 2. The van der Waals surface area contributed by atoms with Crippen LogP contribution in [0.3, 0.4) is 0 Å². The highest BCUT2D eigenvalue weighted by Crippen LogP contribution is 2.37. The third-order valence-corrected chi connectivity index (χ3v) is 6.26. The topological polar surface area (TPSA) is 73.2 Å². The van der Waals surface area contributed by atoms with Gasteiger partial charge in [0.05, 0.1) is 22.4 Å². The molecule has 1 aliphatic rings. The van der Waals surface area contributed by atoms with E-state index in [1.165, 1.54) is 6.07 Å². The number of nitrogens with one attached hydrogen (secondary N) is 1. The summed E-state index contributed by atoms with van der Waals surface area (Å²) in [7, 11) is 0. The second-order valence-corrected chi connectivity index (χ2v) is 8.36. The minimum atomic E-state index is -0.693. The molecule has 0 fully saturated rings. The Hall–Kier alpha value is -3.89. The lowest BCUT2D eigenvalue weighted by molar-refractivity contribution is -0.121. The van der Waals surface area contributed by atoms with Crippen molar-refractivity contribution in [3.63, 3.8) is 0 Å². The number of rotatable bonds is 6. The van der Waals surface area contributed by atoms with Gasteiger partial charge in [-0.3, -0.25) is 14.5 Å². The summed E-state index contributed by atoms with van der Waals surface area (Å²) in [6, 6.07) is 26.7. The number of amides is 2. The molecule has 3 aromatic rings. The van der Waals surface area contributed by atoms with Crippen LogP contribution in [0.15, 0.2) is 95.5 Å². The highest BCUT2D eigenvalue weighted by Gasteiger charge is 2.31. The van der Waals surface area contributed by atoms with Crippen molar-refractivity contribution in [2.24, 2.45) is 0 Å². The van der Waals surface area contributed by atoms with E-state index in [4.69, 9.17) is 0 Å². The van der Waals surface area contributed by atoms with Crippen molar-refractivity contribution >= 4 is 35.0 Å². The van der Waals surface area contributed by atoms with Crippen molar-refractivity contribution in [3.05, 3.63) is 107 Å². The monoisotopic (exact) mass is 457 g/mol. The summed E-state index contributed by atoms with van der Waals surface area (Å²) in [6.07, 6.45) is -0.0258. The number of nitriles is 1. The molecular formula is C26H20FN3O2S. The number of benzene rings is 3. The predicted molar refractivity (Wildman–Crippen MR) is 127 cm³/mol. The first kappa shape index (κ1) is 22.3. The second-order valence-electron chi connectivity index (χ2n) is 7.37. The summed E-state index contributed by atoms with van der Waals surface area (Å²) in [6.45, 7) is 0. The molecule has 0 aromatic heterocycles. The number of hydrogen-bond acceptors (Lipinski definition) is 4. The first-order valence-corrected chi connectivity index (χ1v) is 11.3. The van der Waals surface area contributed by atoms with E-state index in [1.807, 2.05) is 60.7 Å². The molecule has 0 bridgehead atoms. The molecule has 4 rings (SSSR count). The van der Waals surface area contributed by atoms with Gasteiger partial charge in [-0.25, -0.2) is 4.39 Å². The Labute approximate surface area is 195 Å². The Balaban J connectivity index is 1.62. The zero-order valence-electron chi connectivity index (χ0n) is 17.6. The highest BCUT2D eigenvalue weighted by atomic mass is 32.2. The zero-order valence-corrected chi connectivity index (χ0v) is 18.4. The minimum absolute atomic E-state index is 0.0193. The van der Waals surface area contributed by atoms with Crippen LogP contribution in [0.25, 0.3) is 0 Å². The minimum Gasteiger partial charge on any atom is -0.320 e. The van der Waals surface area contributed by atoms with Gasteiger partial charge in [-0.15, -0.1) is 0 Å². The molecule has 1 N–H and O–H groups in total. The molecule has 1 atom stereocenters. The summed E-state index contributed by atoms with van der Waals surface area (Å²) in [4.78, 5) is 27.3. The van der Waals surface area contributed by atoms with E-state index in [0.717, 1.165) is 11.8 Å².